The van der Waals surface area contributed by atoms with Crippen LogP contribution in [0, 0.1) is 6.92 Å². The van der Waals surface area contributed by atoms with Gasteiger partial charge in [-0.2, -0.15) is 0 Å². The minimum Gasteiger partial charge on any atom is -0.497 e. The molecule has 1 unspecified atom stereocenters. The Morgan fingerprint density at radius 2 is 2.11 bits per heavy atom. The highest BCUT2D eigenvalue weighted by Gasteiger charge is 2.18. The number of nitrogens with zero attached hydrogens (tertiary/aromatic N) is 2. The van der Waals surface area contributed by atoms with Crippen molar-refractivity contribution in [1.82, 2.24) is 15.3 Å². The van der Waals surface area contributed by atoms with Crippen LogP contribution in [0.4, 0.5) is 11.6 Å². The van der Waals surface area contributed by atoms with Gasteiger partial charge in [-0.05, 0) is 38.0 Å². The number of carbonyl (C=O) groups excluding carboxylic acids is 1. The molecule has 8 nitrogen and oxygen atoms in total. The maximum Gasteiger partial charge on any atom is 0.270 e. The number of carbonyl (C=O) groups is 1. The number of amides is 1. The molecule has 0 saturated carbocycles. The Kier molecular flexibility index (Phi) is 6.08. The van der Waals surface area contributed by atoms with Crippen molar-refractivity contribution in [3.8, 4) is 11.5 Å². The van der Waals surface area contributed by atoms with E-state index in [1.165, 1.54) is 0 Å². The van der Waals surface area contributed by atoms with Crippen LogP contribution in [0.5, 0.6) is 11.5 Å². The second-order valence-electron chi connectivity index (χ2n) is 6.25. The van der Waals surface area contributed by atoms with Gasteiger partial charge >= 0.3 is 0 Å². The van der Waals surface area contributed by atoms with Gasteiger partial charge in [0.25, 0.3) is 5.91 Å². The second-order valence-corrected chi connectivity index (χ2v) is 6.25. The molecular formula is C19H24N4O4. The highest BCUT2D eigenvalue weighted by Crippen LogP contribution is 2.30. The van der Waals surface area contributed by atoms with Gasteiger partial charge in [-0.15, -0.1) is 0 Å². The van der Waals surface area contributed by atoms with E-state index in [9.17, 15) is 4.79 Å². The number of hydrogen-bond acceptors (Lipinski definition) is 7. The quantitative estimate of drug-likeness (QED) is 0.771. The van der Waals surface area contributed by atoms with Gasteiger partial charge in [0.1, 0.15) is 17.2 Å². The SMILES string of the molecule is COc1ccc(Nc2nc(C)cc(C(=O)NCC3CCCO3)n2)c(OC)c1. The van der Waals surface area contributed by atoms with Crippen molar-refractivity contribution in [3.05, 3.63) is 35.7 Å². The van der Waals surface area contributed by atoms with Crippen molar-refractivity contribution >= 4 is 17.5 Å². The fraction of sp³-hybridized carbons (Fsp3) is 0.421. The summed E-state index contributed by atoms with van der Waals surface area (Å²) in [6.07, 6.45) is 2.08. The second kappa shape index (κ2) is 8.68. The molecule has 3 rings (SSSR count). The number of methoxy groups -OCH3 is 2. The van der Waals surface area contributed by atoms with E-state index in [1.807, 2.05) is 6.92 Å². The molecule has 2 heterocycles. The van der Waals surface area contributed by atoms with E-state index in [-0.39, 0.29) is 12.0 Å². The molecule has 2 aromatic rings. The summed E-state index contributed by atoms with van der Waals surface area (Å²) < 4.78 is 16.1. The van der Waals surface area contributed by atoms with Crippen LogP contribution in [-0.4, -0.2) is 49.4 Å². The third-order valence-electron chi connectivity index (χ3n) is 4.26. The maximum atomic E-state index is 12.4. The number of aromatic nitrogens is 2. The van der Waals surface area contributed by atoms with Crippen molar-refractivity contribution in [1.29, 1.82) is 0 Å². The summed E-state index contributed by atoms with van der Waals surface area (Å²) in [6, 6.07) is 7.02. The lowest BCUT2D eigenvalue weighted by Crippen LogP contribution is -2.32. The Labute approximate surface area is 158 Å². The van der Waals surface area contributed by atoms with Crippen molar-refractivity contribution in [2.24, 2.45) is 0 Å². The maximum absolute atomic E-state index is 12.4. The van der Waals surface area contributed by atoms with Crippen LogP contribution < -0.4 is 20.1 Å². The summed E-state index contributed by atoms with van der Waals surface area (Å²) in [5.41, 5.74) is 1.66. The first kappa shape index (κ1) is 18.9. The summed E-state index contributed by atoms with van der Waals surface area (Å²) >= 11 is 0. The molecule has 1 aliphatic heterocycles. The molecule has 1 fully saturated rings. The van der Waals surface area contributed by atoms with Gasteiger partial charge in [0.15, 0.2) is 0 Å². The third-order valence-corrected chi connectivity index (χ3v) is 4.26. The average Bonchev–Trinajstić information content (AvgIpc) is 3.19. The standard InChI is InChI=1S/C19H24N4O4/c1-12-9-16(18(24)20-11-14-5-4-8-27-14)23-19(21-12)22-15-7-6-13(25-2)10-17(15)26-3/h6-7,9-10,14H,4-5,8,11H2,1-3H3,(H,20,24)(H,21,22,23). The van der Waals surface area contributed by atoms with Crippen LogP contribution in [0.25, 0.3) is 0 Å². The zero-order valence-electron chi connectivity index (χ0n) is 15.7. The summed E-state index contributed by atoms with van der Waals surface area (Å²) in [4.78, 5) is 21.1. The lowest BCUT2D eigenvalue weighted by molar-refractivity contribution is 0.0853. The molecule has 1 amide bonds. The van der Waals surface area contributed by atoms with E-state index in [0.717, 1.165) is 19.4 Å². The van der Waals surface area contributed by atoms with E-state index < -0.39 is 0 Å². The molecule has 2 N–H and O–H groups in total. The van der Waals surface area contributed by atoms with Gasteiger partial charge < -0.3 is 24.8 Å². The molecule has 0 aliphatic carbocycles. The first-order valence-electron chi connectivity index (χ1n) is 8.83. The Morgan fingerprint density at radius 1 is 1.26 bits per heavy atom. The molecule has 1 aromatic carbocycles. The molecule has 27 heavy (non-hydrogen) atoms. The molecule has 0 spiro atoms. The number of benzene rings is 1. The van der Waals surface area contributed by atoms with Gasteiger partial charge in [0.2, 0.25) is 5.95 Å². The molecule has 144 valence electrons. The summed E-state index contributed by atoms with van der Waals surface area (Å²) in [7, 11) is 3.16. The van der Waals surface area contributed by atoms with Crippen molar-refractivity contribution in [2.45, 2.75) is 25.9 Å². The Balaban J connectivity index is 1.74. The predicted molar refractivity (Wildman–Crippen MR) is 101 cm³/mol. The van der Waals surface area contributed by atoms with Crippen LogP contribution in [0.1, 0.15) is 29.0 Å². The number of aryl methyl sites for hydroxylation is 1. The average molecular weight is 372 g/mol. The monoisotopic (exact) mass is 372 g/mol. The van der Waals surface area contributed by atoms with Crippen LogP contribution in [0.15, 0.2) is 24.3 Å². The van der Waals surface area contributed by atoms with Gasteiger partial charge in [-0.3, -0.25) is 4.79 Å². The summed E-state index contributed by atoms with van der Waals surface area (Å²) in [6.45, 7) is 3.05. The topological polar surface area (TPSA) is 94.6 Å². The summed E-state index contributed by atoms with van der Waals surface area (Å²) in [5, 5.41) is 5.97. The van der Waals surface area contributed by atoms with Crippen LogP contribution >= 0.6 is 0 Å². The normalized spacial score (nSPS) is 16.0. The van der Waals surface area contributed by atoms with E-state index in [1.54, 1.807) is 38.5 Å². The Bertz CT molecular complexity index is 806. The van der Waals surface area contributed by atoms with Crippen LogP contribution in [0.3, 0.4) is 0 Å². The lowest BCUT2D eigenvalue weighted by atomic mass is 10.2. The van der Waals surface area contributed by atoms with E-state index in [0.29, 0.717) is 41.1 Å². The Morgan fingerprint density at radius 3 is 2.81 bits per heavy atom. The van der Waals surface area contributed by atoms with Gasteiger partial charge in [0.05, 0.1) is 26.0 Å². The minimum atomic E-state index is -0.249. The molecule has 0 bridgehead atoms. The molecule has 1 aromatic heterocycles. The van der Waals surface area contributed by atoms with E-state index >= 15 is 0 Å². The van der Waals surface area contributed by atoms with Crippen LogP contribution in [-0.2, 0) is 4.74 Å². The van der Waals surface area contributed by atoms with Crippen molar-refractivity contribution in [2.75, 3.05) is 32.7 Å². The molecular weight excluding hydrogens is 348 g/mol. The first-order chi connectivity index (χ1) is 13.1. The van der Waals surface area contributed by atoms with Crippen molar-refractivity contribution < 1.29 is 19.0 Å². The molecule has 8 heteroatoms. The smallest absolute Gasteiger partial charge is 0.270 e. The zero-order valence-corrected chi connectivity index (χ0v) is 15.7. The molecule has 1 atom stereocenters. The van der Waals surface area contributed by atoms with Crippen LogP contribution in [0.2, 0.25) is 0 Å². The Hall–Kier alpha value is -2.87. The molecule has 1 saturated heterocycles. The largest absolute Gasteiger partial charge is 0.497 e. The molecule has 0 radical (unpaired) electrons. The van der Waals surface area contributed by atoms with E-state index in [2.05, 4.69) is 20.6 Å². The molecule has 1 aliphatic rings. The summed E-state index contributed by atoms with van der Waals surface area (Å²) in [5.74, 6) is 1.34. The van der Waals surface area contributed by atoms with Gasteiger partial charge in [-0.25, -0.2) is 9.97 Å². The highest BCUT2D eigenvalue weighted by molar-refractivity contribution is 5.92. The van der Waals surface area contributed by atoms with E-state index in [4.69, 9.17) is 14.2 Å². The lowest BCUT2D eigenvalue weighted by Gasteiger charge is -2.13. The van der Waals surface area contributed by atoms with Crippen molar-refractivity contribution in [3.63, 3.8) is 0 Å². The fourth-order valence-corrected chi connectivity index (χ4v) is 2.87. The zero-order chi connectivity index (χ0) is 19.2. The number of nitrogens with one attached hydrogen (secondary N) is 2. The van der Waals surface area contributed by atoms with Gasteiger partial charge in [-0.1, -0.05) is 0 Å². The van der Waals surface area contributed by atoms with Gasteiger partial charge in [0, 0.05) is 24.9 Å². The highest BCUT2D eigenvalue weighted by atomic mass is 16.5. The predicted octanol–water partition coefficient (Wildman–Crippen LogP) is 2.45. The number of rotatable bonds is 7. The third kappa shape index (κ3) is 4.85. The fourth-order valence-electron chi connectivity index (χ4n) is 2.87. The minimum absolute atomic E-state index is 0.0815. The number of anilines is 2. The number of ether oxygens (including phenoxy) is 3. The first-order valence-corrected chi connectivity index (χ1v) is 8.83. The number of hydrogen-bond donors (Lipinski definition) is 2.